The van der Waals surface area contributed by atoms with Gasteiger partial charge in [-0.15, -0.1) is 0 Å². The molecule has 30 heavy (non-hydrogen) atoms. The lowest BCUT2D eigenvalue weighted by Crippen LogP contribution is -2.16. The van der Waals surface area contributed by atoms with Gasteiger partial charge in [0.2, 0.25) is 5.82 Å². The molecule has 2 amide bonds. The number of carbonyl (C=O) groups is 3. The summed E-state index contributed by atoms with van der Waals surface area (Å²) in [4.78, 5) is 41.1. The zero-order valence-electron chi connectivity index (χ0n) is 17.6. The first-order valence-corrected chi connectivity index (χ1v) is 9.43. The van der Waals surface area contributed by atoms with Crippen LogP contribution in [-0.4, -0.2) is 42.8 Å². The molecule has 0 aliphatic heterocycles. The molecule has 0 saturated carbocycles. The van der Waals surface area contributed by atoms with E-state index in [9.17, 15) is 14.4 Å². The highest BCUT2D eigenvalue weighted by Gasteiger charge is 2.18. The van der Waals surface area contributed by atoms with Crippen molar-refractivity contribution in [2.75, 3.05) is 22.5 Å². The molecule has 0 radical (unpaired) electrons. The summed E-state index contributed by atoms with van der Waals surface area (Å²) >= 11 is 0. The third kappa shape index (κ3) is 4.27. The van der Waals surface area contributed by atoms with Crippen LogP contribution in [0.2, 0.25) is 0 Å². The second-order valence-electron chi connectivity index (χ2n) is 7.01. The van der Waals surface area contributed by atoms with E-state index in [-0.39, 0.29) is 23.4 Å². The molecule has 0 saturated heterocycles. The van der Waals surface area contributed by atoms with E-state index in [4.69, 9.17) is 0 Å². The molecule has 10 heteroatoms. The molecule has 3 aromatic heterocycles. The van der Waals surface area contributed by atoms with Crippen LogP contribution in [0.1, 0.15) is 45.4 Å². The Labute approximate surface area is 173 Å². The van der Waals surface area contributed by atoms with Gasteiger partial charge in [0.15, 0.2) is 5.78 Å². The maximum atomic E-state index is 12.7. The monoisotopic (exact) mass is 411 g/mol. The number of aromatic nitrogens is 4. The zero-order valence-corrected chi connectivity index (χ0v) is 17.6. The highest BCUT2D eigenvalue weighted by Crippen LogP contribution is 2.18. The Balaban J connectivity index is 1.73. The summed E-state index contributed by atoms with van der Waals surface area (Å²) in [7, 11) is 5.18. The Morgan fingerprint density at radius 1 is 0.867 bits per heavy atom. The number of nitrogens with zero attached hydrogens (tertiary/aromatic N) is 4. The maximum Gasteiger partial charge on any atom is 0.291 e. The lowest BCUT2D eigenvalue weighted by atomic mass is 10.3. The Bertz CT molecular complexity index is 1120. The van der Waals surface area contributed by atoms with Crippen LogP contribution >= 0.6 is 0 Å². The zero-order chi connectivity index (χ0) is 22.0. The fraction of sp³-hybridized carbons (Fsp3) is 0.300. The summed E-state index contributed by atoms with van der Waals surface area (Å²) in [5.41, 5.74) is 1.84. The molecule has 3 N–H and O–H groups in total. The number of Topliss-reactive ketones (excluding diaryl/α,β-unsaturated/α-hetero) is 1. The van der Waals surface area contributed by atoms with E-state index in [1.54, 1.807) is 65.6 Å². The molecule has 0 aromatic carbocycles. The van der Waals surface area contributed by atoms with Gasteiger partial charge < -0.3 is 29.7 Å². The van der Waals surface area contributed by atoms with Crippen LogP contribution in [0.3, 0.4) is 0 Å². The molecule has 158 valence electrons. The predicted octanol–water partition coefficient (Wildman–Crippen LogP) is 2.24. The van der Waals surface area contributed by atoms with Crippen molar-refractivity contribution in [1.29, 1.82) is 0 Å². The van der Waals surface area contributed by atoms with Crippen molar-refractivity contribution < 1.29 is 14.4 Å². The third-order valence-corrected chi connectivity index (χ3v) is 4.56. The number of ketones is 1. The number of hydrogen-bond donors (Lipinski definition) is 3. The molecular weight excluding hydrogens is 386 g/mol. The van der Waals surface area contributed by atoms with Gasteiger partial charge in [0, 0.05) is 53.2 Å². The maximum absolute atomic E-state index is 12.7. The minimum atomic E-state index is -0.381. The van der Waals surface area contributed by atoms with Gasteiger partial charge in [-0.05, 0) is 19.1 Å². The Morgan fingerprint density at radius 3 is 2.00 bits per heavy atom. The molecule has 0 bridgehead atoms. The largest absolute Gasteiger partial charge is 0.369 e. The van der Waals surface area contributed by atoms with E-state index in [1.165, 1.54) is 6.92 Å². The van der Waals surface area contributed by atoms with E-state index >= 15 is 0 Å². The van der Waals surface area contributed by atoms with Gasteiger partial charge >= 0.3 is 0 Å². The fourth-order valence-corrected chi connectivity index (χ4v) is 3.17. The molecule has 0 spiro atoms. The van der Waals surface area contributed by atoms with Crippen LogP contribution in [0.25, 0.3) is 0 Å². The summed E-state index contributed by atoms with van der Waals surface area (Å²) in [5.74, 6) is 0.0415. The minimum Gasteiger partial charge on any atom is -0.369 e. The highest BCUT2D eigenvalue weighted by molar-refractivity contribution is 6.06. The van der Waals surface area contributed by atoms with Crippen LogP contribution in [0.4, 0.5) is 17.2 Å². The van der Waals surface area contributed by atoms with E-state index in [2.05, 4.69) is 20.9 Å². The molecule has 0 fully saturated rings. The van der Waals surface area contributed by atoms with Crippen molar-refractivity contribution in [3.8, 4) is 0 Å². The van der Waals surface area contributed by atoms with Gasteiger partial charge in [-0.3, -0.25) is 14.4 Å². The molecular formula is C20H25N7O3. The smallest absolute Gasteiger partial charge is 0.291 e. The van der Waals surface area contributed by atoms with E-state index in [0.29, 0.717) is 35.1 Å². The van der Waals surface area contributed by atoms with Gasteiger partial charge in [0.05, 0.1) is 17.1 Å². The molecule has 0 aliphatic carbocycles. The molecule has 0 unspecified atom stereocenters. The Kier molecular flexibility index (Phi) is 5.77. The third-order valence-electron chi connectivity index (χ3n) is 4.56. The standard InChI is InChI=1S/C20H25N7O3/c1-6-21-17-11-27(5)18(24-17)20(30)23-14-8-16(26(4)10-14)19(29)22-13-7-15(12(2)28)25(3)9-13/h7-11,21H,6H2,1-5H3,(H,22,29)(H,23,30). The molecule has 0 aliphatic rings. The van der Waals surface area contributed by atoms with Gasteiger partial charge in [-0.25, -0.2) is 4.98 Å². The van der Waals surface area contributed by atoms with E-state index < -0.39 is 0 Å². The highest BCUT2D eigenvalue weighted by atomic mass is 16.2. The molecule has 0 atom stereocenters. The Hall–Kier alpha value is -3.82. The lowest BCUT2D eigenvalue weighted by Gasteiger charge is -2.03. The average Bonchev–Trinajstić information content (AvgIpc) is 3.32. The van der Waals surface area contributed by atoms with Crippen molar-refractivity contribution in [2.24, 2.45) is 21.1 Å². The first-order chi connectivity index (χ1) is 14.2. The first-order valence-electron chi connectivity index (χ1n) is 9.43. The molecule has 3 rings (SSSR count). The summed E-state index contributed by atoms with van der Waals surface area (Å²) < 4.78 is 4.90. The van der Waals surface area contributed by atoms with Crippen LogP contribution < -0.4 is 16.0 Å². The summed E-state index contributed by atoms with van der Waals surface area (Å²) in [5, 5.41) is 8.59. The van der Waals surface area contributed by atoms with Crippen molar-refractivity contribution in [3.63, 3.8) is 0 Å². The van der Waals surface area contributed by atoms with Crippen molar-refractivity contribution in [3.05, 3.63) is 47.9 Å². The number of nitrogens with one attached hydrogen (secondary N) is 3. The first kappa shape index (κ1) is 20.9. The number of anilines is 3. The number of imidazole rings is 1. The molecule has 10 nitrogen and oxygen atoms in total. The number of amides is 2. The van der Waals surface area contributed by atoms with Crippen LogP contribution in [0, 0.1) is 0 Å². The van der Waals surface area contributed by atoms with Gasteiger partial charge in [-0.1, -0.05) is 0 Å². The van der Waals surface area contributed by atoms with E-state index in [1.807, 2.05) is 6.92 Å². The van der Waals surface area contributed by atoms with Crippen LogP contribution in [0.15, 0.2) is 30.7 Å². The number of aryl methyl sites for hydroxylation is 3. The quantitative estimate of drug-likeness (QED) is 0.516. The summed E-state index contributed by atoms with van der Waals surface area (Å²) in [6.45, 7) is 4.11. The van der Waals surface area contributed by atoms with E-state index in [0.717, 1.165) is 0 Å². The van der Waals surface area contributed by atoms with Crippen LogP contribution in [0.5, 0.6) is 0 Å². The van der Waals surface area contributed by atoms with Crippen molar-refractivity contribution in [2.45, 2.75) is 13.8 Å². The number of hydrogen-bond acceptors (Lipinski definition) is 5. The minimum absolute atomic E-state index is 0.0894. The second-order valence-corrected chi connectivity index (χ2v) is 7.01. The molecule has 3 heterocycles. The summed E-state index contributed by atoms with van der Waals surface area (Å²) in [6, 6.07) is 3.20. The number of rotatable bonds is 7. The summed E-state index contributed by atoms with van der Waals surface area (Å²) in [6.07, 6.45) is 5.05. The number of carbonyl (C=O) groups excluding carboxylic acids is 3. The van der Waals surface area contributed by atoms with Crippen molar-refractivity contribution >= 4 is 34.8 Å². The normalized spacial score (nSPS) is 10.7. The molecule has 3 aromatic rings. The lowest BCUT2D eigenvalue weighted by molar-refractivity contribution is 0.0999. The second kappa shape index (κ2) is 8.27. The van der Waals surface area contributed by atoms with Crippen LogP contribution in [-0.2, 0) is 21.1 Å². The average molecular weight is 411 g/mol. The predicted molar refractivity (Wildman–Crippen MR) is 114 cm³/mol. The SMILES string of the molecule is CCNc1cn(C)c(C(=O)Nc2cc(C(=O)Nc3cc(C(C)=O)n(C)c3)n(C)c2)n1. The Morgan fingerprint density at radius 2 is 1.43 bits per heavy atom. The van der Waals surface area contributed by atoms with Gasteiger partial charge in [-0.2, -0.15) is 0 Å². The van der Waals surface area contributed by atoms with Crippen molar-refractivity contribution in [1.82, 2.24) is 18.7 Å². The van der Waals surface area contributed by atoms with Gasteiger partial charge in [0.1, 0.15) is 11.5 Å². The van der Waals surface area contributed by atoms with Gasteiger partial charge in [0.25, 0.3) is 11.8 Å². The topological polar surface area (TPSA) is 115 Å². The fourth-order valence-electron chi connectivity index (χ4n) is 3.17.